The molecule has 1 aliphatic carbocycles. The molecule has 1 fully saturated rings. The second kappa shape index (κ2) is 7.85. The van der Waals surface area contributed by atoms with E-state index >= 15 is 0 Å². The number of halogens is 3. The quantitative estimate of drug-likeness (QED) is 0.736. The van der Waals surface area contributed by atoms with Crippen LogP contribution in [-0.2, 0) is 11.3 Å². The maximum atomic E-state index is 12.3. The van der Waals surface area contributed by atoms with E-state index in [4.69, 9.17) is 4.42 Å². The molecule has 2 heterocycles. The minimum atomic E-state index is -4.46. The molecule has 1 N–H and O–H groups in total. The normalized spacial score (nSPS) is 19.3. The van der Waals surface area contributed by atoms with Crippen LogP contribution >= 0.6 is 0 Å². The smallest absolute Gasteiger partial charge is 0.422 e. The van der Waals surface area contributed by atoms with Crippen molar-refractivity contribution in [2.45, 2.75) is 32.0 Å². The summed E-state index contributed by atoms with van der Waals surface area (Å²) in [6.45, 7) is 0.708. The molecule has 144 valence electrons. The number of hydrogen-bond acceptors (Lipinski definition) is 4. The van der Waals surface area contributed by atoms with Crippen LogP contribution in [0.25, 0.3) is 6.08 Å². The molecule has 27 heavy (non-hydrogen) atoms. The Hall–Kier alpha value is -2.77. The Morgan fingerprint density at radius 1 is 1.41 bits per heavy atom. The van der Waals surface area contributed by atoms with Gasteiger partial charge in [0.15, 0.2) is 6.61 Å². The van der Waals surface area contributed by atoms with Crippen LogP contribution in [0.3, 0.4) is 0 Å². The maximum absolute atomic E-state index is 12.3. The van der Waals surface area contributed by atoms with Crippen molar-refractivity contribution in [2.24, 2.45) is 5.92 Å². The van der Waals surface area contributed by atoms with E-state index in [2.05, 4.69) is 22.0 Å². The van der Waals surface area contributed by atoms with Gasteiger partial charge in [0.25, 0.3) is 0 Å². The fraction of sp³-hybridized carbons (Fsp3) is 0.368. The SMILES string of the molecule is CC1CC1c1ccc(/C=C/C(=O)NCc2cccnc2OCC(F)(F)F)o1. The van der Waals surface area contributed by atoms with Crippen LogP contribution < -0.4 is 10.1 Å². The van der Waals surface area contributed by atoms with Crippen LogP contribution in [0, 0.1) is 5.92 Å². The fourth-order valence-electron chi connectivity index (χ4n) is 2.61. The number of furan rings is 1. The third kappa shape index (κ3) is 5.60. The van der Waals surface area contributed by atoms with Gasteiger partial charge in [-0.1, -0.05) is 13.0 Å². The molecule has 2 aromatic heterocycles. The Balaban J connectivity index is 1.52. The zero-order valence-corrected chi connectivity index (χ0v) is 14.6. The predicted octanol–water partition coefficient (Wildman–Crippen LogP) is 4.07. The summed E-state index contributed by atoms with van der Waals surface area (Å²) in [6, 6.07) is 6.80. The highest BCUT2D eigenvalue weighted by atomic mass is 19.4. The molecule has 0 aliphatic heterocycles. The van der Waals surface area contributed by atoms with Gasteiger partial charge in [0.05, 0.1) is 0 Å². The second-order valence-electron chi connectivity index (χ2n) is 6.48. The number of amides is 1. The van der Waals surface area contributed by atoms with Crippen LogP contribution in [0.2, 0.25) is 0 Å². The van der Waals surface area contributed by atoms with Gasteiger partial charge in [-0.25, -0.2) is 4.98 Å². The molecule has 1 amide bonds. The first-order chi connectivity index (χ1) is 12.8. The van der Waals surface area contributed by atoms with Gasteiger partial charge in [-0.15, -0.1) is 0 Å². The van der Waals surface area contributed by atoms with E-state index in [0.29, 0.717) is 23.2 Å². The largest absolute Gasteiger partial charge is 0.468 e. The standard InChI is InChI=1S/C19H19F3N2O3/c1-12-9-15(12)16-6-4-14(27-16)5-7-17(25)24-10-13-3-2-8-23-18(13)26-11-19(20,21)22/h2-8,12,15H,9-11H2,1H3,(H,24,25)/b7-5+. The van der Waals surface area contributed by atoms with Crippen molar-refractivity contribution in [3.63, 3.8) is 0 Å². The van der Waals surface area contributed by atoms with Crippen molar-refractivity contribution in [3.8, 4) is 5.88 Å². The van der Waals surface area contributed by atoms with Crippen LogP contribution in [0.1, 0.15) is 36.3 Å². The van der Waals surface area contributed by atoms with Gasteiger partial charge < -0.3 is 14.5 Å². The summed E-state index contributed by atoms with van der Waals surface area (Å²) in [5.74, 6) is 2.03. The van der Waals surface area contributed by atoms with Crippen molar-refractivity contribution in [2.75, 3.05) is 6.61 Å². The first kappa shape index (κ1) is 19.0. The van der Waals surface area contributed by atoms with Crippen LogP contribution in [-0.4, -0.2) is 23.7 Å². The number of nitrogens with one attached hydrogen (secondary N) is 1. The summed E-state index contributed by atoms with van der Waals surface area (Å²) < 4.78 is 47.2. The number of rotatable bonds is 7. The summed E-state index contributed by atoms with van der Waals surface area (Å²) in [5.41, 5.74) is 0.353. The summed E-state index contributed by atoms with van der Waals surface area (Å²) >= 11 is 0. The fourth-order valence-corrected chi connectivity index (χ4v) is 2.61. The van der Waals surface area contributed by atoms with E-state index in [9.17, 15) is 18.0 Å². The lowest BCUT2D eigenvalue weighted by Crippen LogP contribution is -2.23. The third-order valence-corrected chi connectivity index (χ3v) is 4.20. The van der Waals surface area contributed by atoms with E-state index in [1.165, 1.54) is 18.3 Å². The second-order valence-corrected chi connectivity index (χ2v) is 6.48. The van der Waals surface area contributed by atoms with Gasteiger partial charge in [0, 0.05) is 30.3 Å². The Labute approximate surface area is 154 Å². The number of carbonyl (C=O) groups excluding carboxylic acids is 1. The van der Waals surface area contributed by atoms with Crippen molar-refractivity contribution >= 4 is 12.0 Å². The number of nitrogens with zero attached hydrogens (tertiary/aromatic N) is 1. The monoisotopic (exact) mass is 380 g/mol. The Morgan fingerprint density at radius 2 is 2.19 bits per heavy atom. The van der Waals surface area contributed by atoms with E-state index in [0.717, 1.165) is 12.2 Å². The van der Waals surface area contributed by atoms with Crippen molar-refractivity contribution in [1.29, 1.82) is 0 Å². The molecule has 0 aromatic carbocycles. The van der Waals surface area contributed by atoms with Crippen molar-refractivity contribution in [3.05, 3.63) is 53.6 Å². The van der Waals surface area contributed by atoms with Crippen LogP contribution in [0.5, 0.6) is 5.88 Å². The zero-order chi connectivity index (χ0) is 19.4. The van der Waals surface area contributed by atoms with Crippen LogP contribution in [0.15, 0.2) is 41.0 Å². The average Bonchev–Trinajstić information content (AvgIpc) is 3.16. The topological polar surface area (TPSA) is 64.4 Å². The van der Waals surface area contributed by atoms with Gasteiger partial charge in [0.1, 0.15) is 11.5 Å². The summed E-state index contributed by atoms with van der Waals surface area (Å²) in [7, 11) is 0. The van der Waals surface area contributed by atoms with Gasteiger partial charge in [-0.2, -0.15) is 13.2 Å². The van der Waals surface area contributed by atoms with Crippen molar-refractivity contribution in [1.82, 2.24) is 10.3 Å². The Morgan fingerprint density at radius 3 is 2.89 bits per heavy atom. The first-order valence-electron chi connectivity index (χ1n) is 8.51. The number of alkyl halides is 3. The number of carbonyl (C=O) groups is 1. The van der Waals surface area contributed by atoms with E-state index in [-0.39, 0.29) is 12.4 Å². The number of aromatic nitrogens is 1. The first-order valence-corrected chi connectivity index (χ1v) is 8.51. The molecule has 5 nitrogen and oxygen atoms in total. The summed E-state index contributed by atoms with van der Waals surface area (Å²) in [4.78, 5) is 15.7. The molecular weight excluding hydrogens is 361 g/mol. The molecular formula is C19H19F3N2O3. The Kier molecular flexibility index (Phi) is 5.53. The lowest BCUT2D eigenvalue weighted by Gasteiger charge is -2.12. The van der Waals surface area contributed by atoms with Gasteiger partial charge in [-0.05, 0) is 36.6 Å². The molecule has 3 rings (SSSR count). The minimum Gasteiger partial charge on any atom is -0.468 e. The third-order valence-electron chi connectivity index (χ3n) is 4.20. The Bertz CT molecular complexity index is 830. The average molecular weight is 380 g/mol. The number of hydrogen-bond donors (Lipinski definition) is 1. The molecule has 0 spiro atoms. The predicted molar refractivity (Wildman–Crippen MR) is 91.9 cm³/mol. The van der Waals surface area contributed by atoms with Crippen LogP contribution in [0.4, 0.5) is 13.2 Å². The number of pyridine rings is 1. The van der Waals surface area contributed by atoms with E-state index in [1.807, 2.05) is 6.07 Å². The molecule has 2 aromatic rings. The summed E-state index contributed by atoms with van der Waals surface area (Å²) in [5, 5.41) is 2.59. The molecule has 0 bridgehead atoms. The highest BCUT2D eigenvalue weighted by Crippen LogP contribution is 2.47. The van der Waals surface area contributed by atoms with E-state index in [1.54, 1.807) is 18.2 Å². The van der Waals surface area contributed by atoms with Gasteiger partial charge >= 0.3 is 6.18 Å². The maximum Gasteiger partial charge on any atom is 0.422 e. The highest BCUT2D eigenvalue weighted by molar-refractivity contribution is 5.91. The zero-order valence-electron chi connectivity index (χ0n) is 14.6. The molecule has 8 heteroatoms. The van der Waals surface area contributed by atoms with Crippen molar-refractivity contribution < 1.29 is 27.1 Å². The van der Waals surface area contributed by atoms with Gasteiger partial charge in [-0.3, -0.25) is 4.79 Å². The molecule has 2 atom stereocenters. The molecule has 0 radical (unpaired) electrons. The molecule has 1 aliphatic rings. The number of ether oxygens (including phenoxy) is 1. The highest BCUT2D eigenvalue weighted by Gasteiger charge is 2.36. The molecule has 1 saturated carbocycles. The molecule has 0 saturated heterocycles. The minimum absolute atomic E-state index is 0.00675. The van der Waals surface area contributed by atoms with Gasteiger partial charge in [0.2, 0.25) is 11.8 Å². The lowest BCUT2D eigenvalue weighted by atomic mass is 10.2. The molecule has 2 unspecified atom stereocenters. The summed E-state index contributed by atoms with van der Waals surface area (Å²) in [6.07, 6.45) is 0.843. The lowest BCUT2D eigenvalue weighted by molar-refractivity contribution is -0.154. The van der Waals surface area contributed by atoms with E-state index < -0.39 is 18.7 Å².